The minimum Gasteiger partial charge on any atom is -0.387 e. The molecule has 2 atom stereocenters. The van der Waals surface area contributed by atoms with Gasteiger partial charge in [-0.2, -0.15) is 0 Å². The van der Waals surface area contributed by atoms with Gasteiger partial charge in [-0.1, -0.05) is 44.5 Å². The molecular weight excluding hydrogens is 224 g/mol. The van der Waals surface area contributed by atoms with E-state index in [0.29, 0.717) is 19.0 Å². The lowest BCUT2D eigenvalue weighted by molar-refractivity contribution is 0.119. The SMILES string of the molecule is CCC(C)CN(C)CC(O)c1ccc(CN)cc1. The third-order valence-corrected chi connectivity index (χ3v) is 3.41. The Balaban J connectivity index is 2.50. The van der Waals surface area contributed by atoms with Crippen LogP contribution in [0, 0.1) is 5.92 Å². The Bertz CT molecular complexity index is 337. The first-order valence-corrected chi connectivity index (χ1v) is 6.72. The van der Waals surface area contributed by atoms with E-state index in [9.17, 15) is 5.11 Å². The van der Waals surface area contributed by atoms with Crippen LogP contribution in [0.5, 0.6) is 0 Å². The number of likely N-dealkylation sites (N-methyl/N-ethyl adjacent to an activating group) is 1. The lowest BCUT2D eigenvalue weighted by Gasteiger charge is -2.23. The molecule has 0 bridgehead atoms. The molecule has 0 amide bonds. The van der Waals surface area contributed by atoms with Crippen LogP contribution in [0.3, 0.4) is 0 Å². The highest BCUT2D eigenvalue weighted by Crippen LogP contribution is 2.15. The van der Waals surface area contributed by atoms with Gasteiger partial charge < -0.3 is 15.7 Å². The highest BCUT2D eigenvalue weighted by Gasteiger charge is 2.12. The second-order valence-corrected chi connectivity index (χ2v) is 5.20. The first-order valence-electron chi connectivity index (χ1n) is 6.72. The summed E-state index contributed by atoms with van der Waals surface area (Å²) in [5, 5.41) is 10.2. The summed E-state index contributed by atoms with van der Waals surface area (Å²) >= 11 is 0. The van der Waals surface area contributed by atoms with Crippen molar-refractivity contribution in [3.8, 4) is 0 Å². The van der Waals surface area contributed by atoms with E-state index in [0.717, 1.165) is 17.7 Å². The van der Waals surface area contributed by atoms with Crippen LogP contribution in [-0.2, 0) is 6.54 Å². The highest BCUT2D eigenvalue weighted by atomic mass is 16.3. The van der Waals surface area contributed by atoms with Crippen LogP contribution in [0.2, 0.25) is 0 Å². The fraction of sp³-hybridized carbons (Fsp3) is 0.600. The summed E-state index contributed by atoms with van der Waals surface area (Å²) in [6.45, 7) is 6.67. The monoisotopic (exact) mass is 250 g/mol. The lowest BCUT2D eigenvalue weighted by Crippen LogP contribution is -2.28. The Kier molecular flexibility index (Phi) is 6.33. The Labute approximate surface area is 111 Å². The maximum absolute atomic E-state index is 10.2. The van der Waals surface area contributed by atoms with Crippen molar-refractivity contribution >= 4 is 0 Å². The van der Waals surface area contributed by atoms with Gasteiger partial charge in [-0.3, -0.25) is 0 Å². The maximum atomic E-state index is 10.2. The summed E-state index contributed by atoms with van der Waals surface area (Å²) in [6, 6.07) is 7.88. The van der Waals surface area contributed by atoms with E-state index in [-0.39, 0.29) is 0 Å². The maximum Gasteiger partial charge on any atom is 0.0916 e. The van der Waals surface area contributed by atoms with E-state index in [1.165, 1.54) is 6.42 Å². The van der Waals surface area contributed by atoms with Crippen LogP contribution in [0.15, 0.2) is 24.3 Å². The zero-order valence-corrected chi connectivity index (χ0v) is 11.8. The van der Waals surface area contributed by atoms with Gasteiger partial charge in [0.2, 0.25) is 0 Å². The van der Waals surface area contributed by atoms with E-state index < -0.39 is 6.10 Å². The van der Waals surface area contributed by atoms with Crippen molar-refractivity contribution in [1.82, 2.24) is 4.90 Å². The average Bonchev–Trinajstić information content (AvgIpc) is 2.38. The van der Waals surface area contributed by atoms with Crippen LogP contribution in [0.4, 0.5) is 0 Å². The van der Waals surface area contributed by atoms with Crippen molar-refractivity contribution in [2.45, 2.75) is 32.9 Å². The molecule has 0 aliphatic rings. The van der Waals surface area contributed by atoms with Gasteiger partial charge in [0.05, 0.1) is 6.10 Å². The molecule has 3 N–H and O–H groups in total. The predicted molar refractivity (Wildman–Crippen MR) is 76.2 cm³/mol. The Hall–Kier alpha value is -0.900. The van der Waals surface area contributed by atoms with E-state index in [1.54, 1.807) is 0 Å². The molecule has 0 saturated carbocycles. The second-order valence-electron chi connectivity index (χ2n) is 5.20. The van der Waals surface area contributed by atoms with Crippen LogP contribution >= 0.6 is 0 Å². The second kappa shape index (κ2) is 7.52. The zero-order valence-electron chi connectivity index (χ0n) is 11.8. The lowest BCUT2D eigenvalue weighted by atomic mass is 10.1. The molecule has 3 nitrogen and oxygen atoms in total. The van der Waals surface area contributed by atoms with Crippen LogP contribution in [0.25, 0.3) is 0 Å². The van der Waals surface area contributed by atoms with Crippen LogP contribution in [0.1, 0.15) is 37.5 Å². The third-order valence-electron chi connectivity index (χ3n) is 3.41. The van der Waals surface area contributed by atoms with Gasteiger partial charge >= 0.3 is 0 Å². The summed E-state index contributed by atoms with van der Waals surface area (Å²) < 4.78 is 0. The standard InChI is InChI=1S/C15H26N2O/c1-4-12(2)10-17(3)11-15(18)14-7-5-13(9-16)6-8-14/h5-8,12,15,18H,4,9-11,16H2,1-3H3. The van der Waals surface area contributed by atoms with E-state index in [4.69, 9.17) is 5.73 Å². The molecule has 102 valence electrons. The molecule has 0 aliphatic heterocycles. The van der Waals surface area contributed by atoms with Crippen molar-refractivity contribution < 1.29 is 5.11 Å². The van der Waals surface area contributed by atoms with Gasteiger partial charge in [-0.05, 0) is 24.1 Å². The zero-order chi connectivity index (χ0) is 13.5. The normalized spacial score (nSPS) is 14.8. The summed E-state index contributed by atoms with van der Waals surface area (Å²) in [6.07, 6.45) is 0.747. The molecule has 1 aromatic carbocycles. The van der Waals surface area contributed by atoms with Crippen LogP contribution in [-0.4, -0.2) is 30.1 Å². The predicted octanol–water partition coefficient (Wildman–Crippen LogP) is 2.16. The third kappa shape index (κ3) is 4.77. The molecule has 3 heteroatoms. The molecule has 0 heterocycles. The van der Waals surface area contributed by atoms with Crippen molar-refractivity contribution in [3.05, 3.63) is 35.4 Å². The first kappa shape index (κ1) is 15.2. The van der Waals surface area contributed by atoms with Gasteiger partial charge in [-0.25, -0.2) is 0 Å². The van der Waals surface area contributed by atoms with Crippen molar-refractivity contribution in [2.75, 3.05) is 20.1 Å². The number of nitrogens with two attached hydrogens (primary N) is 1. The molecule has 0 saturated heterocycles. The fourth-order valence-corrected chi connectivity index (χ4v) is 2.01. The topological polar surface area (TPSA) is 49.5 Å². The average molecular weight is 250 g/mol. The number of hydrogen-bond acceptors (Lipinski definition) is 3. The smallest absolute Gasteiger partial charge is 0.0916 e. The van der Waals surface area contributed by atoms with Gasteiger partial charge in [0.15, 0.2) is 0 Å². The molecule has 0 aromatic heterocycles. The Morgan fingerprint density at radius 3 is 2.33 bits per heavy atom. The molecule has 2 unspecified atom stereocenters. The van der Waals surface area contributed by atoms with E-state index in [1.807, 2.05) is 24.3 Å². The van der Waals surface area contributed by atoms with Crippen molar-refractivity contribution in [3.63, 3.8) is 0 Å². The van der Waals surface area contributed by atoms with Crippen molar-refractivity contribution in [2.24, 2.45) is 11.7 Å². The quantitative estimate of drug-likeness (QED) is 0.779. The summed E-state index contributed by atoms with van der Waals surface area (Å²) in [5.41, 5.74) is 7.61. The molecule has 0 radical (unpaired) electrons. The number of rotatable bonds is 7. The molecule has 18 heavy (non-hydrogen) atoms. The summed E-state index contributed by atoms with van der Waals surface area (Å²) in [4.78, 5) is 2.19. The number of nitrogens with zero attached hydrogens (tertiary/aromatic N) is 1. The minimum absolute atomic E-state index is 0.425. The Morgan fingerprint density at radius 1 is 1.22 bits per heavy atom. The molecule has 0 aliphatic carbocycles. The molecular formula is C15H26N2O. The molecule has 0 spiro atoms. The van der Waals surface area contributed by atoms with E-state index >= 15 is 0 Å². The number of aliphatic hydroxyl groups excluding tert-OH is 1. The number of benzene rings is 1. The van der Waals surface area contributed by atoms with Crippen LogP contribution < -0.4 is 5.73 Å². The molecule has 1 aromatic rings. The van der Waals surface area contributed by atoms with Gasteiger partial charge in [-0.15, -0.1) is 0 Å². The number of aliphatic hydroxyl groups is 1. The van der Waals surface area contributed by atoms with Gasteiger partial charge in [0, 0.05) is 19.6 Å². The Morgan fingerprint density at radius 2 is 1.83 bits per heavy atom. The van der Waals surface area contributed by atoms with E-state index in [2.05, 4.69) is 25.8 Å². The summed E-state index contributed by atoms with van der Waals surface area (Å²) in [7, 11) is 2.06. The largest absolute Gasteiger partial charge is 0.387 e. The first-order chi connectivity index (χ1) is 8.56. The van der Waals surface area contributed by atoms with Gasteiger partial charge in [0.25, 0.3) is 0 Å². The van der Waals surface area contributed by atoms with Crippen molar-refractivity contribution in [1.29, 1.82) is 0 Å². The molecule has 0 fully saturated rings. The number of hydrogen-bond donors (Lipinski definition) is 2. The summed E-state index contributed by atoms with van der Waals surface area (Å²) in [5.74, 6) is 0.668. The van der Waals surface area contributed by atoms with Gasteiger partial charge in [0.1, 0.15) is 0 Å². The molecule has 1 rings (SSSR count). The fourth-order valence-electron chi connectivity index (χ4n) is 2.01. The minimum atomic E-state index is -0.425. The highest BCUT2D eigenvalue weighted by molar-refractivity contribution is 5.24.